The molecular formula is C32H32ClN5O4. The van der Waals surface area contributed by atoms with Crippen LogP contribution in [0.2, 0.25) is 5.02 Å². The van der Waals surface area contributed by atoms with Crippen molar-refractivity contribution in [1.29, 1.82) is 0 Å². The van der Waals surface area contributed by atoms with Crippen molar-refractivity contribution in [2.75, 3.05) is 51.4 Å². The van der Waals surface area contributed by atoms with Crippen molar-refractivity contribution in [2.24, 2.45) is 0 Å². The molecule has 1 aliphatic carbocycles. The maximum atomic E-state index is 14.0. The summed E-state index contributed by atoms with van der Waals surface area (Å²) in [6.07, 6.45) is -1.02. The van der Waals surface area contributed by atoms with Gasteiger partial charge < -0.3 is 19.4 Å². The number of rotatable bonds is 5. The zero-order chi connectivity index (χ0) is 29.0. The van der Waals surface area contributed by atoms with Crippen LogP contribution < -0.4 is 10.6 Å². The maximum absolute atomic E-state index is 14.0. The van der Waals surface area contributed by atoms with Gasteiger partial charge in [0.05, 0.1) is 41.2 Å². The number of carbonyl (C=O) groups excluding carboxylic acids is 1. The predicted molar refractivity (Wildman–Crippen MR) is 162 cm³/mol. The summed E-state index contributed by atoms with van der Waals surface area (Å²) in [5, 5.41) is 2.74. The number of aromatic nitrogens is 2. The van der Waals surface area contributed by atoms with Gasteiger partial charge in [0.1, 0.15) is 0 Å². The fourth-order valence-electron chi connectivity index (χ4n) is 6.20. The van der Waals surface area contributed by atoms with Gasteiger partial charge in [0.15, 0.2) is 11.9 Å². The van der Waals surface area contributed by atoms with E-state index in [4.69, 9.17) is 26.1 Å². The molecule has 2 aliphatic heterocycles. The Bertz CT molecular complexity index is 1680. The van der Waals surface area contributed by atoms with Gasteiger partial charge in [-0.15, -0.1) is 0 Å². The summed E-state index contributed by atoms with van der Waals surface area (Å²) in [6.45, 7) is 6.24. The lowest BCUT2D eigenvalue weighted by Crippen LogP contribution is -2.60. The van der Waals surface area contributed by atoms with Crippen molar-refractivity contribution in [2.45, 2.75) is 25.1 Å². The Balaban J connectivity index is 1.21. The summed E-state index contributed by atoms with van der Waals surface area (Å²) in [5.74, 6) is 0.460. The van der Waals surface area contributed by atoms with Gasteiger partial charge in [0, 0.05) is 44.4 Å². The van der Waals surface area contributed by atoms with Crippen molar-refractivity contribution in [3.8, 4) is 11.1 Å². The van der Waals surface area contributed by atoms with Gasteiger partial charge in [-0.05, 0) is 30.2 Å². The number of ether oxygens (including phenoxy) is 2. The van der Waals surface area contributed by atoms with Crippen LogP contribution in [0.5, 0.6) is 0 Å². The average molecular weight is 586 g/mol. The number of benzene rings is 3. The number of halogens is 1. The molecule has 3 aromatic carbocycles. The third-order valence-corrected chi connectivity index (χ3v) is 9.11. The molecule has 7 rings (SSSR count). The Morgan fingerprint density at radius 1 is 0.976 bits per heavy atom. The molecule has 3 heterocycles. The zero-order valence-electron chi connectivity index (χ0n) is 23.6. The van der Waals surface area contributed by atoms with E-state index in [0.29, 0.717) is 40.9 Å². The van der Waals surface area contributed by atoms with E-state index in [2.05, 4.69) is 17.0 Å². The van der Waals surface area contributed by atoms with E-state index in [-0.39, 0.29) is 5.56 Å². The second-order valence-corrected chi connectivity index (χ2v) is 11.5. The number of piperazine rings is 1. The Morgan fingerprint density at radius 2 is 1.62 bits per heavy atom. The summed E-state index contributed by atoms with van der Waals surface area (Å²) in [5.41, 5.74) is 4.30. The first-order valence-electron chi connectivity index (χ1n) is 14.3. The molecule has 42 heavy (non-hydrogen) atoms. The monoisotopic (exact) mass is 585 g/mol. The van der Waals surface area contributed by atoms with Crippen LogP contribution in [-0.4, -0.2) is 78.0 Å². The van der Waals surface area contributed by atoms with Crippen LogP contribution in [0, 0.1) is 0 Å². The van der Waals surface area contributed by atoms with Crippen molar-refractivity contribution in [3.05, 3.63) is 99.1 Å². The highest BCUT2D eigenvalue weighted by molar-refractivity contribution is 6.35. The van der Waals surface area contributed by atoms with Crippen molar-refractivity contribution in [1.82, 2.24) is 19.5 Å². The van der Waals surface area contributed by atoms with E-state index >= 15 is 0 Å². The first-order chi connectivity index (χ1) is 20.4. The molecule has 1 atom stereocenters. The minimum atomic E-state index is -0.571. The SMILES string of the molecule is C[C@@H](c1nc2cccc(Cl)c2c(=O)n1N1CCN(C2COC2)CC1)N(C)C(=O)OC1c2ccccc2-c2ccccc21. The summed E-state index contributed by atoms with van der Waals surface area (Å²) >= 11 is 6.51. The molecular weight excluding hydrogens is 554 g/mol. The summed E-state index contributed by atoms with van der Waals surface area (Å²) in [4.78, 5) is 36.6. The van der Waals surface area contributed by atoms with Crippen LogP contribution in [0.25, 0.3) is 22.0 Å². The lowest BCUT2D eigenvalue weighted by molar-refractivity contribution is -0.0672. The minimum Gasteiger partial charge on any atom is -0.436 e. The van der Waals surface area contributed by atoms with E-state index < -0.39 is 18.2 Å². The number of amides is 1. The molecule has 3 aliphatic rings. The number of nitrogens with zero attached hydrogens (tertiary/aromatic N) is 5. The molecule has 1 amide bonds. The van der Waals surface area contributed by atoms with Gasteiger partial charge >= 0.3 is 6.09 Å². The van der Waals surface area contributed by atoms with Gasteiger partial charge in [-0.25, -0.2) is 14.5 Å². The van der Waals surface area contributed by atoms with Crippen LogP contribution in [0.1, 0.15) is 36.0 Å². The highest BCUT2D eigenvalue weighted by Crippen LogP contribution is 2.45. The molecule has 2 saturated heterocycles. The lowest BCUT2D eigenvalue weighted by Gasteiger charge is -2.44. The minimum absolute atomic E-state index is 0.242. The van der Waals surface area contributed by atoms with Crippen molar-refractivity contribution in [3.63, 3.8) is 0 Å². The van der Waals surface area contributed by atoms with Gasteiger partial charge in [-0.2, -0.15) is 0 Å². The third kappa shape index (κ3) is 4.43. The number of hydrogen-bond donors (Lipinski definition) is 0. The molecule has 216 valence electrons. The Kier molecular flexibility index (Phi) is 6.88. The molecule has 1 aromatic heterocycles. The Morgan fingerprint density at radius 3 is 2.24 bits per heavy atom. The van der Waals surface area contributed by atoms with Crippen molar-refractivity contribution < 1.29 is 14.3 Å². The van der Waals surface area contributed by atoms with E-state index in [1.807, 2.05) is 48.3 Å². The van der Waals surface area contributed by atoms with Gasteiger partial charge in [0.2, 0.25) is 0 Å². The Labute approximate surface area is 248 Å². The molecule has 0 N–H and O–H groups in total. The van der Waals surface area contributed by atoms with E-state index in [1.54, 1.807) is 29.9 Å². The topological polar surface area (TPSA) is 80.1 Å². The summed E-state index contributed by atoms with van der Waals surface area (Å²) in [6, 6.07) is 21.1. The third-order valence-electron chi connectivity index (χ3n) is 8.80. The first kappa shape index (κ1) is 26.9. The molecule has 0 unspecified atom stereocenters. The largest absolute Gasteiger partial charge is 0.436 e. The van der Waals surface area contributed by atoms with Gasteiger partial charge in [0.25, 0.3) is 5.56 Å². The molecule has 10 heteroatoms. The van der Waals surface area contributed by atoms with Crippen LogP contribution >= 0.6 is 11.6 Å². The van der Waals surface area contributed by atoms with Crippen LogP contribution in [0.15, 0.2) is 71.5 Å². The zero-order valence-corrected chi connectivity index (χ0v) is 24.3. The smallest absolute Gasteiger partial charge is 0.411 e. The molecule has 0 spiro atoms. The molecule has 0 radical (unpaired) electrons. The van der Waals surface area contributed by atoms with Gasteiger partial charge in [-0.1, -0.05) is 66.2 Å². The average Bonchev–Trinajstić information content (AvgIpc) is 3.29. The standard InChI is InChI=1S/C32H32ClN5O4/c1-20(35(2)32(40)42-29-24-10-5-3-8-22(24)23-9-4-6-11-25(23)29)30-34-27-13-7-12-26(33)28(27)31(39)38(30)37-16-14-36(15-17-37)21-18-41-19-21/h3-13,20-21,29H,14-19H2,1-2H3/t20-/m0/s1. The number of hydrogen-bond acceptors (Lipinski definition) is 7. The maximum Gasteiger partial charge on any atom is 0.411 e. The van der Waals surface area contributed by atoms with Crippen LogP contribution in [0.3, 0.4) is 0 Å². The van der Waals surface area contributed by atoms with Crippen LogP contribution in [-0.2, 0) is 9.47 Å². The molecule has 0 bridgehead atoms. The van der Waals surface area contributed by atoms with Gasteiger partial charge in [-0.3, -0.25) is 9.69 Å². The number of fused-ring (bicyclic) bond motifs is 4. The molecule has 0 saturated carbocycles. The van der Waals surface area contributed by atoms with E-state index in [9.17, 15) is 9.59 Å². The van der Waals surface area contributed by atoms with Crippen molar-refractivity contribution >= 4 is 28.6 Å². The van der Waals surface area contributed by atoms with E-state index in [1.165, 1.54) is 4.90 Å². The van der Waals surface area contributed by atoms with Crippen LogP contribution in [0.4, 0.5) is 4.79 Å². The summed E-state index contributed by atoms with van der Waals surface area (Å²) in [7, 11) is 1.69. The highest BCUT2D eigenvalue weighted by Gasteiger charge is 2.35. The molecule has 4 aromatic rings. The van der Waals surface area contributed by atoms with E-state index in [0.717, 1.165) is 48.6 Å². The fourth-order valence-corrected chi connectivity index (χ4v) is 6.45. The number of carbonyl (C=O) groups is 1. The normalized spacial score (nSPS) is 17.9. The lowest BCUT2D eigenvalue weighted by atomic mass is 10.1. The highest BCUT2D eigenvalue weighted by atomic mass is 35.5. The summed E-state index contributed by atoms with van der Waals surface area (Å²) < 4.78 is 13.2. The second kappa shape index (κ2) is 10.7. The quantitative estimate of drug-likeness (QED) is 0.339. The molecule has 2 fully saturated rings. The first-order valence-corrected chi connectivity index (χ1v) is 14.7. The molecule has 9 nitrogen and oxygen atoms in total. The fraction of sp³-hybridized carbons (Fsp3) is 0.344. The Hall–Kier alpha value is -3.92. The predicted octanol–water partition coefficient (Wildman–Crippen LogP) is 4.60. The second-order valence-electron chi connectivity index (χ2n) is 11.1.